The molecular formula is C18H19ClN2O4. The van der Waals surface area contributed by atoms with Gasteiger partial charge >= 0.3 is 5.97 Å². The number of carboxylic acid groups (broad SMARTS) is 1. The van der Waals surface area contributed by atoms with Gasteiger partial charge in [0.05, 0.1) is 12.1 Å². The first-order chi connectivity index (χ1) is 11.7. The maximum absolute atomic E-state index is 12.7. The fourth-order valence-electron chi connectivity index (χ4n) is 2.58. The first kappa shape index (κ1) is 18.7. The highest BCUT2D eigenvalue weighted by Crippen LogP contribution is 2.20. The van der Waals surface area contributed by atoms with Crippen LogP contribution in [0.15, 0.2) is 30.3 Å². The molecule has 1 unspecified atom stereocenters. The number of carbonyl (C=O) groups is 3. The van der Waals surface area contributed by atoms with E-state index in [0.717, 1.165) is 5.56 Å². The Kier molecular flexibility index (Phi) is 5.64. The van der Waals surface area contributed by atoms with Crippen molar-refractivity contribution < 1.29 is 19.5 Å². The molecule has 0 bridgehead atoms. The zero-order valence-electron chi connectivity index (χ0n) is 14.2. The molecule has 0 aliphatic rings. The van der Waals surface area contributed by atoms with Crippen LogP contribution in [0.1, 0.15) is 34.2 Å². The van der Waals surface area contributed by atoms with Gasteiger partial charge in [-0.1, -0.05) is 11.6 Å². The van der Waals surface area contributed by atoms with Crippen molar-refractivity contribution >= 4 is 29.3 Å². The average molecular weight is 363 g/mol. The third-order valence-corrected chi connectivity index (χ3v) is 4.19. The van der Waals surface area contributed by atoms with Crippen LogP contribution in [0.25, 0.3) is 0 Å². The molecule has 2 N–H and O–H groups in total. The summed E-state index contributed by atoms with van der Waals surface area (Å²) in [5.74, 6) is -1.68. The summed E-state index contributed by atoms with van der Waals surface area (Å²) in [7, 11) is 1.71. The second-order valence-corrected chi connectivity index (χ2v) is 6.30. The molecule has 7 heteroatoms. The average Bonchev–Trinajstić information content (AvgIpc) is 2.81. The Balaban J connectivity index is 2.23. The van der Waals surface area contributed by atoms with Gasteiger partial charge < -0.3 is 15.0 Å². The zero-order valence-corrected chi connectivity index (χ0v) is 14.9. The van der Waals surface area contributed by atoms with Crippen molar-refractivity contribution in [3.8, 4) is 0 Å². The minimum atomic E-state index is -1.10. The van der Waals surface area contributed by atoms with Crippen LogP contribution in [-0.2, 0) is 23.1 Å². The van der Waals surface area contributed by atoms with E-state index in [4.69, 9.17) is 16.7 Å². The topological polar surface area (TPSA) is 88.4 Å². The standard InChI is InChI=1S/C18H19ClN2O4/c1-10-8-14(9-15(22)20-11(2)18(24)25)21(3)16(10)17(23)12-4-6-13(19)7-5-12/h4-8,11H,9H2,1-3H3,(H,20,22)(H,24,25). The zero-order chi connectivity index (χ0) is 18.7. The Labute approximate surface area is 150 Å². The number of aryl methyl sites for hydroxylation is 1. The highest BCUT2D eigenvalue weighted by atomic mass is 35.5. The number of rotatable bonds is 6. The summed E-state index contributed by atoms with van der Waals surface area (Å²) in [4.78, 5) is 35.5. The molecule has 0 fully saturated rings. The number of hydrogen-bond donors (Lipinski definition) is 2. The monoisotopic (exact) mass is 362 g/mol. The van der Waals surface area contributed by atoms with Crippen molar-refractivity contribution in [3.05, 3.63) is 57.9 Å². The number of nitrogens with zero attached hydrogens (tertiary/aromatic N) is 1. The Morgan fingerprint density at radius 3 is 2.40 bits per heavy atom. The lowest BCUT2D eigenvalue weighted by Crippen LogP contribution is -2.39. The molecule has 6 nitrogen and oxygen atoms in total. The molecule has 1 atom stereocenters. The third-order valence-electron chi connectivity index (χ3n) is 3.93. The number of carbonyl (C=O) groups excluding carboxylic acids is 2. The lowest BCUT2D eigenvalue weighted by Gasteiger charge is -2.11. The Morgan fingerprint density at radius 2 is 1.84 bits per heavy atom. The molecule has 1 amide bonds. The minimum Gasteiger partial charge on any atom is -0.480 e. The second-order valence-electron chi connectivity index (χ2n) is 5.87. The van der Waals surface area contributed by atoms with E-state index in [1.54, 1.807) is 48.9 Å². The lowest BCUT2D eigenvalue weighted by atomic mass is 10.1. The van der Waals surface area contributed by atoms with Gasteiger partial charge in [-0.15, -0.1) is 0 Å². The number of aromatic nitrogens is 1. The molecular weight excluding hydrogens is 344 g/mol. The summed E-state index contributed by atoms with van der Waals surface area (Å²) in [5, 5.41) is 11.8. The fraction of sp³-hybridized carbons (Fsp3) is 0.278. The quantitative estimate of drug-likeness (QED) is 0.772. The predicted octanol–water partition coefficient (Wildman–Crippen LogP) is 2.35. The number of amides is 1. The molecule has 2 aromatic rings. The van der Waals surface area contributed by atoms with Crippen molar-refractivity contribution in [1.82, 2.24) is 9.88 Å². The van der Waals surface area contributed by atoms with Crippen molar-refractivity contribution in [2.75, 3.05) is 0 Å². The van der Waals surface area contributed by atoms with Gasteiger partial charge in [0.15, 0.2) is 0 Å². The minimum absolute atomic E-state index is 0.0111. The lowest BCUT2D eigenvalue weighted by molar-refractivity contribution is -0.141. The van der Waals surface area contributed by atoms with Crippen LogP contribution in [0, 0.1) is 6.92 Å². The SMILES string of the molecule is Cc1cc(CC(=O)NC(C)C(=O)O)n(C)c1C(=O)c1ccc(Cl)cc1. The van der Waals surface area contributed by atoms with Crippen molar-refractivity contribution in [2.24, 2.45) is 7.05 Å². The molecule has 0 aliphatic heterocycles. The van der Waals surface area contributed by atoms with Crippen LogP contribution < -0.4 is 5.32 Å². The number of carboxylic acids is 1. The van der Waals surface area contributed by atoms with Gasteiger partial charge in [0, 0.05) is 23.3 Å². The molecule has 2 rings (SSSR count). The summed E-state index contributed by atoms with van der Waals surface area (Å²) in [6.07, 6.45) is -0.0111. The van der Waals surface area contributed by atoms with E-state index in [1.165, 1.54) is 6.92 Å². The molecule has 1 heterocycles. The van der Waals surface area contributed by atoms with Crippen molar-refractivity contribution in [3.63, 3.8) is 0 Å². The van der Waals surface area contributed by atoms with E-state index in [-0.39, 0.29) is 12.2 Å². The predicted molar refractivity (Wildman–Crippen MR) is 94.0 cm³/mol. The van der Waals surface area contributed by atoms with Gasteiger partial charge in [-0.3, -0.25) is 14.4 Å². The van der Waals surface area contributed by atoms with Crippen LogP contribution in [0.2, 0.25) is 5.02 Å². The molecule has 132 valence electrons. The maximum Gasteiger partial charge on any atom is 0.325 e. The fourth-order valence-corrected chi connectivity index (χ4v) is 2.71. The van der Waals surface area contributed by atoms with E-state index in [2.05, 4.69) is 5.32 Å². The Morgan fingerprint density at radius 1 is 1.24 bits per heavy atom. The van der Waals surface area contributed by atoms with Gasteiger partial charge in [-0.25, -0.2) is 0 Å². The van der Waals surface area contributed by atoms with Crippen molar-refractivity contribution in [1.29, 1.82) is 0 Å². The van der Waals surface area contributed by atoms with Gasteiger partial charge in [-0.05, 0) is 49.7 Å². The molecule has 1 aromatic heterocycles. The highest BCUT2D eigenvalue weighted by molar-refractivity contribution is 6.30. The first-order valence-electron chi connectivity index (χ1n) is 7.68. The van der Waals surface area contributed by atoms with E-state index < -0.39 is 17.9 Å². The van der Waals surface area contributed by atoms with Crippen molar-refractivity contribution in [2.45, 2.75) is 26.3 Å². The van der Waals surface area contributed by atoms with Crippen LogP contribution in [-0.4, -0.2) is 33.4 Å². The molecule has 0 saturated heterocycles. The van der Waals surface area contributed by atoms with Crippen LogP contribution >= 0.6 is 11.6 Å². The Bertz CT molecular complexity index is 824. The molecule has 0 spiro atoms. The largest absolute Gasteiger partial charge is 0.480 e. The number of hydrogen-bond acceptors (Lipinski definition) is 3. The normalized spacial score (nSPS) is 11.8. The molecule has 0 saturated carbocycles. The first-order valence-corrected chi connectivity index (χ1v) is 8.06. The van der Waals surface area contributed by atoms with E-state index in [1.807, 2.05) is 0 Å². The summed E-state index contributed by atoms with van der Waals surface area (Å²) in [6.45, 7) is 3.19. The smallest absolute Gasteiger partial charge is 0.325 e. The van der Waals surface area contributed by atoms with E-state index in [9.17, 15) is 14.4 Å². The third kappa shape index (κ3) is 4.28. The number of benzene rings is 1. The molecule has 25 heavy (non-hydrogen) atoms. The van der Waals surface area contributed by atoms with Gasteiger partial charge in [0.1, 0.15) is 6.04 Å². The van der Waals surface area contributed by atoms with Gasteiger partial charge in [0.25, 0.3) is 0 Å². The number of aliphatic carboxylic acids is 1. The summed E-state index contributed by atoms with van der Waals surface area (Å²) < 4.78 is 1.66. The molecule has 0 radical (unpaired) electrons. The summed E-state index contributed by atoms with van der Waals surface area (Å²) in [6, 6.07) is 7.39. The highest BCUT2D eigenvalue weighted by Gasteiger charge is 2.21. The maximum atomic E-state index is 12.7. The molecule has 1 aromatic carbocycles. The second kappa shape index (κ2) is 7.53. The van der Waals surface area contributed by atoms with Crippen LogP contribution in [0.3, 0.4) is 0 Å². The summed E-state index contributed by atoms with van der Waals surface area (Å²) in [5.41, 5.74) is 2.36. The van der Waals surface area contributed by atoms with Gasteiger partial charge in [-0.2, -0.15) is 0 Å². The Hall–Kier alpha value is -2.60. The van der Waals surface area contributed by atoms with E-state index >= 15 is 0 Å². The van der Waals surface area contributed by atoms with E-state index in [0.29, 0.717) is 22.0 Å². The number of ketones is 1. The van der Waals surface area contributed by atoms with Crippen LogP contribution in [0.4, 0.5) is 0 Å². The number of halogens is 1. The summed E-state index contributed by atoms with van der Waals surface area (Å²) >= 11 is 5.85. The molecule has 0 aliphatic carbocycles. The number of nitrogens with one attached hydrogen (secondary N) is 1. The van der Waals surface area contributed by atoms with Gasteiger partial charge in [0.2, 0.25) is 11.7 Å². The van der Waals surface area contributed by atoms with Crippen LogP contribution in [0.5, 0.6) is 0 Å².